The van der Waals surface area contributed by atoms with E-state index < -0.39 is 0 Å². The van der Waals surface area contributed by atoms with E-state index >= 15 is 0 Å². The van der Waals surface area contributed by atoms with Gasteiger partial charge in [-0.2, -0.15) is 0 Å². The van der Waals surface area contributed by atoms with E-state index in [-0.39, 0.29) is 23.1 Å². The first-order chi connectivity index (χ1) is 14.7. The summed E-state index contributed by atoms with van der Waals surface area (Å²) in [5, 5.41) is 0. The molecule has 0 heterocycles. The van der Waals surface area contributed by atoms with E-state index in [1.165, 1.54) is 51.2 Å². The Morgan fingerprint density at radius 3 is 2.65 bits per heavy atom. The van der Waals surface area contributed by atoms with Gasteiger partial charge in [-0.3, -0.25) is 9.59 Å². The molecule has 3 nitrogen and oxygen atoms in total. The van der Waals surface area contributed by atoms with Gasteiger partial charge in [-0.15, -0.1) is 0 Å². The Kier molecular flexibility index (Phi) is 6.27. The van der Waals surface area contributed by atoms with Crippen LogP contribution < -0.4 is 0 Å². The summed E-state index contributed by atoms with van der Waals surface area (Å²) < 4.78 is 4.89. The minimum Gasteiger partial charge on any atom is -0.469 e. The fraction of sp³-hybridized carbons (Fsp3) is 0.786. The molecule has 0 aromatic heterocycles. The van der Waals surface area contributed by atoms with Crippen LogP contribution in [0, 0.1) is 46.3 Å². The number of hydrogen-bond donors (Lipinski definition) is 0. The SMILES string of the molecule is COC(=O)[C@H](C)CCC[C@@H](C)[C@H]1CC[C@H]2[C@@H]3CCC4=CC(=O)C=C[C@]4(C)[C@H]3CC[C@]12C. The summed E-state index contributed by atoms with van der Waals surface area (Å²) in [5.74, 6) is 3.98. The van der Waals surface area contributed by atoms with Crippen molar-refractivity contribution in [3.8, 4) is 0 Å². The Balaban J connectivity index is 1.42. The number of allylic oxidation sites excluding steroid dienone is 4. The number of rotatable bonds is 6. The molecule has 31 heavy (non-hydrogen) atoms. The summed E-state index contributed by atoms with van der Waals surface area (Å²) in [6.45, 7) is 9.46. The van der Waals surface area contributed by atoms with E-state index in [4.69, 9.17) is 4.74 Å². The van der Waals surface area contributed by atoms with Gasteiger partial charge in [0.1, 0.15) is 0 Å². The summed E-state index contributed by atoms with van der Waals surface area (Å²) >= 11 is 0. The van der Waals surface area contributed by atoms with Crippen LogP contribution in [0.1, 0.15) is 85.5 Å². The van der Waals surface area contributed by atoms with Gasteiger partial charge in [0.2, 0.25) is 0 Å². The van der Waals surface area contributed by atoms with Gasteiger partial charge in [-0.1, -0.05) is 52.2 Å². The van der Waals surface area contributed by atoms with Crippen LogP contribution in [-0.4, -0.2) is 18.9 Å². The van der Waals surface area contributed by atoms with Gasteiger partial charge in [0.05, 0.1) is 13.0 Å². The lowest BCUT2D eigenvalue weighted by atomic mass is 9.47. The van der Waals surface area contributed by atoms with E-state index in [9.17, 15) is 9.59 Å². The molecule has 4 rings (SSSR count). The van der Waals surface area contributed by atoms with Crippen molar-refractivity contribution in [1.29, 1.82) is 0 Å². The Morgan fingerprint density at radius 1 is 1.13 bits per heavy atom. The molecule has 8 atom stereocenters. The zero-order valence-electron chi connectivity index (χ0n) is 20.3. The second kappa shape index (κ2) is 8.52. The minimum atomic E-state index is -0.0726. The van der Waals surface area contributed by atoms with Gasteiger partial charge < -0.3 is 4.74 Å². The Hall–Kier alpha value is -1.38. The van der Waals surface area contributed by atoms with Gasteiger partial charge in [0.15, 0.2) is 5.78 Å². The Bertz CT molecular complexity index is 779. The molecule has 0 aliphatic heterocycles. The molecule has 0 spiro atoms. The highest BCUT2D eigenvalue weighted by molar-refractivity contribution is 6.01. The lowest BCUT2D eigenvalue weighted by Gasteiger charge is -2.57. The molecule has 4 aliphatic rings. The topological polar surface area (TPSA) is 43.4 Å². The van der Waals surface area contributed by atoms with Crippen LogP contribution in [0.25, 0.3) is 0 Å². The predicted octanol–water partition coefficient (Wildman–Crippen LogP) is 6.53. The molecule has 172 valence electrons. The highest BCUT2D eigenvalue weighted by Gasteiger charge is 2.58. The average Bonchev–Trinajstić information content (AvgIpc) is 3.10. The monoisotopic (exact) mass is 426 g/mol. The molecule has 0 saturated heterocycles. The van der Waals surface area contributed by atoms with E-state index in [1.54, 1.807) is 0 Å². The fourth-order valence-corrected chi connectivity index (χ4v) is 8.44. The largest absolute Gasteiger partial charge is 0.469 e. The van der Waals surface area contributed by atoms with Crippen molar-refractivity contribution in [3.63, 3.8) is 0 Å². The summed E-state index contributed by atoms with van der Waals surface area (Å²) in [6, 6.07) is 0. The van der Waals surface area contributed by atoms with Crippen LogP contribution in [0.3, 0.4) is 0 Å². The van der Waals surface area contributed by atoms with E-state index in [0.717, 1.165) is 42.9 Å². The number of esters is 1. The maximum Gasteiger partial charge on any atom is 0.308 e. The Labute approximate surface area is 189 Å². The van der Waals surface area contributed by atoms with Gasteiger partial charge in [-0.05, 0) is 92.1 Å². The van der Waals surface area contributed by atoms with Gasteiger partial charge in [-0.25, -0.2) is 0 Å². The zero-order valence-corrected chi connectivity index (χ0v) is 20.3. The fourth-order valence-electron chi connectivity index (χ4n) is 8.44. The van der Waals surface area contributed by atoms with E-state index in [2.05, 4.69) is 26.8 Å². The smallest absolute Gasteiger partial charge is 0.308 e. The third-order valence-electron chi connectivity index (χ3n) is 10.2. The van der Waals surface area contributed by atoms with Crippen molar-refractivity contribution in [2.75, 3.05) is 7.11 Å². The van der Waals surface area contributed by atoms with Crippen LogP contribution in [-0.2, 0) is 14.3 Å². The zero-order chi connectivity index (χ0) is 22.4. The van der Waals surface area contributed by atoms with E-state index in [1.807, 2.05) is 19.1 Å². The highest BCUT2D eigenvalue weighted by atomic mass is 16.5. The number of fused-ring (bicyclic) bond motifs is 5. The van der Waals surface area contributed by atoms with Crippen molar-refractivity contribution in [1.82, 2.24) is 0 Å². The molecule has 3 fully saturated rings. The maximum absolute atomic E-state index is 12.0. The predicted molar refractivity (Wildman–Crippen MR) is 124 cm³/mol. The van der Waals surface area contributed by atoms with Gasteiger partial charge in [0.25, 0.3) is 0 Å². The number of carbonyl (C=O) groups is 2. The first-order valence-electron chi connectivity index (χ1n) is 12.7. The van der Waals surface area contributed by atoms with Crippen molar-refractivity contribution in [2.24, 2.45) is 46.3 Å². The second-order valence-corrected chi connectivity index (χ2v) is 11.7. The number of ketones is 1. The molecular formula is C28H42O3. The third kappa shape index (κ3) is 3.85. The van der Waals surface area contributed by atoms with Crippen LogP contribution in [0.4, 0.5) is 0 Å². The normalized spacial score (nSPS) is 40.9. The number of ether oxygens (including phenoxy) is 1. The van der Waals surface area contributed by atoms with Crippen LogP contribution in [0.15, 0.2) is 23.8 Å². The first-order valence-corrected chi connectivity index (χ1v) is 12.7. The summed E-state index contributed by atoms with van der Waals surface area (Å²) in [7, 11) is 1.49. The Morgan fingerprint density at radius 2 is 1.90 bits per heavy atom. The summed E-state index contributed by atoms with van der Waals surface area (Å²) in [6.07, 6.45) is 17.0. The number of methoxy groups -OCH3 is 1. The molecule has 0 N–H and O–H groups in total. The van der Waals surface area contributed by atoms with Gasteiger partial charge >= 0.3 is 5.97 Å². The van der Waals surface area contributed by atoms with Crippen molar-refractivity contribution in [2.45, 2.75) is 85.5 Å². The lowest BCUT2D eigenvalue weighted by Crippen LogP contribution is -2.50. The molecule has 0 aromatic carbocycles. The molecule has 0 amide bonds. The molecule has 0 radical (unpaired) electrons. The van der Waals surface area contributed by atoms with Crippen molar-refractivity contribution >= 4 is 11.8 Å². The third-order valence-corrected chi connectivity index (χ3v) is 10.2. The maximum atomic E-state index is 12.0. The molecular weight excluding hydrogens is 384 g/mol. The quantitative estimate of drug-likeness (QED) is 0.454. The van der Waals surface area contributed by atoms with Crippen LogP contribution in [0.2, 0.25) is 0 Å². The lowest BCUT2D eigenvalue weighted by molar-refractivity contribution is -0.145. The van der Waals surface area contributed by atoms with E-state index in [0.29, 0.717) is 11.3 Å². The molecule has 0 unspecified atom stereocenters. The van der Waals surface area contributed by atoms with Gasteiger partial charge in [0, 0.05) is 5.41 Å². The van der Waals surface area contributed by atoms with Crippen molar-refractivity contribution < 1.29 is 14.3 Å². The average molecular weight is 427 g/mol. The molecule has 0 bridgehead atoms. The summed E-state index contributed by atoms with van der Waals surface area (Å²) in [5.41, 5.74) is 1.96. The molecule has 0 aromatic rings. The second-order valence-electron chi connectivity index (χ2n) is 11.7. The molecule has 3 saturated carbocycles. The highest BCUT2D eigenvalue weighted by Crippen LogP contribution is 2.67. The standard InChI is InChI=1S/C28H42O3/c1-18(7-6-8-19(2)26(30)31-5)23-11-12-24-22-10-9-20-17-21(29)13-15-27(20,3)25(22)14-16-28(23,24)4/h13,15,17-19,22-25H,6-12,14,16H2,1-5H3/t18-,19-,22+,23-,24+,25+,27+,28-/m1/s1. The first kappa shape index (κ1) is 22.8. The molecule has 4 aliphatic carbocycles. The van der Waals surface area contributed by atoms with Crippen LogP contribution >= 0.6 is 0 Å². The summed E-state index contributed by atoms with van der Waals surface area (Å²) in [4.78, 5) is 23.7. The number of carbonyl (C=O) groups excluding carboxylic acids is 2. The van der Waals surface area contributed by atoms with Crippen molar-refractivity contribution in [3.05, 3.63) is 23.8 Å². The molecule has 3 heteroatoms. The number of hydrogen-bond acceptors (Lipinski definition) is 3. The van der Waals surface area contributed by atoms with Crippen LogP contribution in [0.5, 0.6) is 0 Å². The minimum absolute atomic E-state index is 0.0141.